The number of anilines is 1. The Kier molecular flexibility index (Phi) is 6.32. The fraction of sp³-hybridized carbons (Fsp3) is 0.300. The first-order valence-electron chi connectivity index (χ1n) is 9.29. The molecule has 1 fully saturated rings. The fourth-order valence-corrected chi connectivity index (χ4v) is 4.28. The van der Waals surface area contributed by atoms with Crippen LogP contribution in [0.15, 0.2) is 48.7 Å². The van der Waals surface area contributed by atoms with E-state index in [4.69, 9.17) is 0 Å². The van der Waals surface area contributed by atoms with Gasteiger partial charge in [0.15, 0.2) is 5.25 Å². The van der Waals surface area contributed by atoms with Crippen molar-refractivity contribution in [3.63, 3.8) is 0 Å². The number of pyridine rings is 1. The molecular formula is C20H21N5O4S. The number of piperazine rings is 1. The lowest BCUT2D eigenvalue weighted by molar-refractivity contribution is -0.129. The third kappa shape index (κ3) is 4.75. The predicted molar refractivity (Wildman–Crippen MR) is 110 cm³/mol. The maximum Gasteiger partial charge on any atom is 0.264 e. The zero-order valence-corrected chi connectivity index (χ0v) is 17.2. The van der Waals surface area contributed by atoms with Crippen LogP contribution in [0, 0.1) is 11.3 Å². The van der Waals surface area contributed by atoms with Crippen molar-refractivity contribution in [1.29, 1.82) is 5.26 Å². The van der Waals surface area contributed by atoms with E-state index in [1.807, 2.05) is 9.62 Å². The van der Waals surface area contributed by atoms with Crippen molar-refractivity contribution in [3.8, 4) is 6.07 Å². The summed E-state index contributed by atoms with van der Waals surface area (Å²) in [4.78, 5) is 31.6. The van der Waals surface area contributed by atoms with Gasteiger partial charge in [0.05, 0.1) is 6.07 Å². The zero-order valence-electron chi connectivity index (χ0n) is 16.4. The monoisotopic (exact) mass is 427 g/mol. The summed E-state index contributed by atoms with van der Waals surface area (Å²) in [6, 6.07) is 12.8. The van der Waals surface area contributed by atoms with Crippen molar-refractivity contribution < 1.29 is 18.0 Å². The number of carbonyl (C=O) groups is 2. The quantitative estimate of drug-likeness (QED) is 0.757. The van der Waals surface area contributed by atoms with Gasteiger partial charge in [-0.2, -0.15) is 5.26 Å². The molecule has 0 bridgehead atoms. The van der Waals surface area contributed by atoms with Crippen LogP contribution in [0.1, 0.15) is 28.1 Å². The van der Waals surface area contributed by atoms with Gasteiger partial charge in [-0.25, -0.2) is 18.1 Å². The van der Waals surface area contributed by atoms with Crippen LogP contribution in [0.5, 0.6) is 0 Å². The normalized spacial score (nSPS) is 15.2. The van der Waals surface area contributed by atoms with Crippen LogP contribution in [0.4, 0.5) is 5.82 Å². The molecule has 9 nitrogen and oxygen atoms in total. The first-order valence-corrected chi connectivity index (χ1v) is 10.8. The maximum atomic E-state index is 12.6. The van der Waals surface area contributed by atoms with Crippen molar-refractivity contribution in [2.75, 3.05) is 31.1 Å². The van der Waals surface area contributed by atoms with Gasteiger partial charge in [-0.15, -0.1) is 0 Å². The average molecular weight is 427 g/mol. The van der Waals surface area contributed by atoms with Crippen LogP contribution in [0.3, 0.4) is 0 Å². The van der Waals surface area contributed by atoms with Gasteiger partial charge in [-0.1, -0.05) is 24.3 Å². The molecule has 0 radical (unpaired) electrons. The molecule has 156 valence electrons. The van der Waals surface area contributed by atoms with E-state index in [-0.39, 0.29) is 17.0 Å². The van der Waals surface area contributed by atoms with Gasteiger partial charge in [0, 0.05) is 50.4 Å². The van der Waals surface area contributed by atoms with Crippen LogP contribution < -0.4 is 9.62 Å². The molecule has 0 saturated carbocycles. The van der Waals surface area contributed by atoms with E-state index in [0.29, 0.717) is 32.0 Å². The number of hydrogen-bond donors (Lipinski definition) is 1. The van der Waals surface area contributed by atoms with Crippen LogP contribution >= 0.6 is 0 Å². The lowest BCUT2D eigenvalue weighted by atomic mass is 10.2. The molecule has 1 unspecified atom stereocenters. The van der Waals surface area contributed by atoms with E-state index in [1.54, 1.807) is 35.2 Å². The van der Waals surface area contributed by atoms with Gasteiger partial charge < -0.3 is 9.80 Å². The number of nitrogens with one attached hydrogen (secondary N) is 1. The number of rotatable bonds is 5. The van der Waals surface area contributed by atoms with E-state index < -0.39 is 21.2 Å². The number of hydrogen-bond acceptors (Lipinski definition) is 7. The molecule has 1 aromatic heterocycles. The Hall–Kier alpha value is -3.45. The Balaban J connectivity index is 1.71. The number of nitrogens with zero attached hydrogens (tertiary/aromatic N) is 4. The minimum Gasteiger partial charge on any atom is -0.353 e. The van der Waals surface area contributed by atoms with Crippen molar-refractivity contribution >= 4 is 27.7 Å². The molecule has 0 spiro atoms. The molecule has 1 saturated heterocycles. The highest BCUT2D eigenvalue weighted by Gasteiger charge is 2.30. The highest BCUT2D eigenvalue weighted by molar-refractivity contribution is 7.90. The molecule has 10 heteroatoms. The molecular weight excluding hydrogens is 406 g/mol. The SMILES string of the molecule is CC(=O)N1CCN(c2ccc(C(C#N)S(=O)(=O)NC(=O)c3ccccc3)cn2)CC1. The molecule has 1 aromatic carbocycles. The highest BCUT2D eigenvalue weighted by Crippen LogP contribution is 2.23. The Bertz CT molecular complexity index is 1060. The molecule has 1 N–H and O–H groups in total. The third-order valence-corrected chi connectivity index (χ3v) is 6.29. The lowest BCUT2D eigenvalue weighted by Gasteiger charge is -2.34. The topological polar surface area (TPSA) is 123 Å². The Labute approximate surface area is 175 Å². The number of sulfonamides is 1. The summed E-state index contributed by atoms with van der Waals surface area (Å²) in [5, 5.41) is 7.86. The molecule has 2 aromatic rings. The van der Waals surface area contributed by atoms with Crippen LogP contribution in [0.2, 0.25) is 0 Å². The molecule has 1 aliphatic rings. The van der Waals surface area contributed by atoms with Crippen molar-refractivity contribution in [3.05, 3.63) is 59.8 Å². The van der Waals surface area contributed by atoms with Gasteiger partial charge >= 0.3 is 0 Å². The van der Waals surface area contributed by atoms with E-state index in [0.717, 1.165) is 0 Å². The molecule has 0 aliphatic carbocycles. The van der Waals surface area contributed by atoms with Crippen LogP contribution in [0.25, 0.3) is 0 Å². The van der Waals surface area contributed by atoms with Crippen molar-refractivity contribution in [1.82, 2.24) is 14.6 Å². The van der Waals surface area contributed by atoms with E-state index in [1.165, 1.54) is 31.3 Å². The predicted octanol–water partition coefficient (Wildman–Crippen LogP) is 1.07. The maximum absolute atomic E-state index is 12.6. The van der Waals surface area contributed by atoms with E-state index >= 15 is 0 Å². The van der Waals surface area contributed by atoms with Gasteiger partial charge in [0.25, 0.3) is 15.9 Å². The van der Waals surface area contributed by atoms with Crippen molar-refractivity contribution in [2.24, 2.45) is 0 Å². The summed E-state index contributed by atoms with van der Waals surface area (Å²) in [5.41, 5.74) is 0.341. The van der Waals surface area contributed by atoms with Crippen LogP contribution in [-0.2, 0) is 14.8 Å². The van der Waals surface area contributed by atoms with Gasteiger partial charge in [-0.05, 0) is 18.2 Å². The number of carbonyl (C=O) groups excluding carboxylic acids is 2. The Morgan fingerprint density at radius 1 is 1.10 bits per heavy atom. The molecule has 2 amide bonds. The van der Waals surface area contributed by atoms with Gasteiger partial charge in [0.2, 0.25) is 5.91 Å². The average Bonchev–Trinajstić information content (AvgIpc) is 2.75. The Morgan fingerprint density at radius 2 is 1.77 bits per heavy atom. The summed E-state index contributed by atoms with van der Waals surface area (Å²) < 4.78 is 27.2. The minimum absolute atomic E-state index is 0.0255. The van der Waals surface area contributed by atoms with Crippen molar-refractivity contribution in [2.45, 2.75) is 12.2 Å². The van der Waals surface area contributed by atoms with Gasteiger partial charge in [-0.3, -0.25) is 9.59 Å². The summed E-state index contributed by atoms with van der Waals surface area (Å²) >= 11 is 0. The van der Waals surface area contributed by atoms with E-state index in [9.17, 15) is 23.3 Å². The summed E-state index contributed by atoms with van der Waals surface area (Å²) in [5.74, 6) is -0.147. The fourth-order valence-electron chi connectivity index (χ4n) is 3.15. The lowest BCUT2D eigenvalue weighted by Crippen LogP contribution is -2.48. The van der Waals surface area contributed by atoms with Crippen LogP contribution in [-0.4, -0.2) is 56.3 Å². The standard InChI is InChI=1S/C20H21N5O4S/c1-15(26)24-9-11-25(12-10-24)19-8-7-17(14-22-19)18(13-21)30(28,29)23-20(27)16-5-3-2-4-6-16/h2-8,14,18H,9-12H2,1H3,(H,23,27). The number of benzene rings is 1. The van der Waals surface area contributed by atoms with Gasteiger partial charge in [0.1, 0.15) is 5.82 Å². The number of amides is 2. The summed E-state index contributed by atoms with van der Waals surface area (Å²) in [6.07, 6.45) is 1.33. The smallest absolute Gasteiger partial charge is 0.264 e. The zero-order chi connectivity index (χ0) is 21.7. The minimum atomic E-state index is -4.29. The molecule has 2 heterocycles. The summed E-state index contributed by atoms with van der Waals surface area (Å²) in [7, 11) is -4.29. The summed E-state index contributed by atoms with van der Waals surface area (Å²) in [6.45, 7) is 3.92. The molecule has 1 aliphatic heterocycles. The van der Waals surface area contributed by atoms with E-state index in [2.05, 4.69) is 4.98 Å². The second kappa shape index (κ2) is 8.92. The second-order valence-electron chi connectivity index (χ2n) is 6.79. The number of aromatic nitrogens is 1. The Morgan fingerprint density at radius 3 is 2.30 bits per heavy atom. The largest absolute Gasteiger partial charge is 0.353 e. The molecule has 1 atom stereocenters. The molecule has 3 rings (SSSR count). The third-order valence-electron chi connectivity index (χ3n) is 4.82. The highest BCUT2D eigenvalue weighted by atomic mass is 32.2. The second-order valence-corrected chi connectivity index (χ2v) is 8.56. The molecule has 30 heavy (non-hydrogen) atoms. The first kappa shape index (κ1) is 21.3. The first-order chi connectivity index (χ1) is 14.3. The number of nitriles is 1.